The fraction of sp³-hybridized carbons (Fsp3) is 0.125. The molecule has 0 aliphatic rings. The van der Waals surface area contributed by atoms with E-state index >= 15 is 0 Å². The van der Waals surface area contributed by atoms with E-state index < -0.39 is 0 Å². The van der Waals surface area contributed by atoms with Crippen molar-refractivity contribution in [3.05, 3.63) is 68.3 Å². The minimum Gasteiger partial charge on any atom is -0.267 e. The second-order valence-electron chi connectivity index (χ2n) is 4.69. The maximum Gasteiger partial charge on any atom is 0.269 e. The average Bonchev–Trinajstić information content (AvgIpc) is 2.47. The van der Waals surface area contributed by atoms with E-state index in [-0.39, 0.29) is 11.8 Å². The normalized spacial score (nSPS) is 10.0. The van der Waals surface area contributed by atoms with Crippen LogP contribution in [0.25, 0.3) is 0 Å². The number of benzene rings is 2. The lowest BCUT2D eigenvalue weighted by molar-refractivity contribution is 0.0846. The first kappa shape index (κ1) is 15.5. The van der Waals surface area contributed by atoms with Crippen LogP contribution in [-0.4, -0.2) is 11.8 Å². The van der Waals surface area contributed by atoms with Gasteiger partial charge in [-0.3, -0.25) is 20.4 Å². The Morgan fingerprint density at radius 3 is 2.24 bits per heavy atom. The van der Waals surface area contributed by atoms with E-state index in [0.717, 1.165) is 14.7 Å². The van der Waals surface area contributed by atoms with Gasteiger partial charge in [0.1, 0.15) is 0 Å². The number of amides is 2. The van der Waals surface area contributed by atoms with E-state index in [1.54, 1.807) is 24.3 Å². The topological polar surface area (TPSA) is 58.2 Å². The monoisotopic (exact) mass is 394 g/mol. The van der Waals surface area contributed by atoms with E-state index in [1.165, 1.54) is 0 Å². The molecule has 2 rings (SSSR count). The maximum absolute atomic E-state index is 12.0. The Morgan fingerprint density at radius 2 is 1.57 bits per heavy atom. The smallest absolute Gasteiger partial charge is 0.267 e. The van der Waals surface area contributed by atoms with Gasteiger partial charge >= 0.3 is 0 Å². The van der Waals surface area contributed by atoms with Gasteiger partial charge in [0.15, 0.2) is 0 Å². The van der Waals surface area contributed by atoms with Crippen molar-refractivity contribution in [3.63, 3.8) is 0 Å². The third-order valence-electron chi connectivity index (χ3n) is 3.11. The fourth-order valence-electron chi connectivity index (χ4n) is 1.81. The molecule has 4 nitrogen and oxygen atoms in total. The number of halogens is 1. The van der Waals surface area contributed by atoms with Gasteiger partial charge in [0, 0.05) is 14.7 Å². The van der Waals surface area contributed by atoms with E-state index in [0.29, 0.717) is 11.1 Å². The Labute approximate surface area is 137 Å². The summed E-state index contributed by atoms with van der Waals surface area (Å²) in [4.78, 5) is 24.0. The SMILES string of the molecule is Cc1ccc(C(=O)NNC(=O)c2ccccc2C)cc1I. The van der Waals surface area contributed by atoms with Crippen LogP contribution in [-0.2, 0) is 0 Å². The highest BCUT2D eigenvalue weighted by molar-refractivity contribution is 14.1. The van der Waals surface area contributed by atoms with Gasteiger partial charge in [-0.15, -0.1) is 0 Å². The molecule has 0 heterocycles. The van der Waals surface area contributed by atoms with Crippen molar-refractivity contribution in [2.75, 3.05) is 0 Å². The van der Waals surface area contributed by atoms with E-state index in [9.17, 15) is 9.59 Å². The molecule has 0 saturated heterocycles. The van der Waals surface area contributed by atoms with Gasteiger partial charge in [-0.25, -0.2) is 0 Å². The molecule has 0 spiro atoms. The molecule has 0 bridgehead atoms. The first-order valence-electron chi connectivity index (χ1n) is 6.41. The summed E-state index contributed by atoms with van der Waals surface area (Å²) in [7, 11) is 0. The van der Waals surface area contributed by atoms with Gasteiger partial charge < -0.3 is 0 Å². The molecule has 0 atom stereocenters. The molecule has 0 fully saturated rings. The standard InChI is InChI=1S/C16H15IN2O2/c1-10-5-3-4-6-13(10)16(21)19-18-15(20)12-8-7-11(2)14(17)9-12/h3-9H,1-2H3,(H,18,20)(H,19,21). The molecular formula is C16H15IN2O2. The van der Waals surface area contributed by atoms with Crippen LogP contribution in [0.1, 0.15) is 31.8 Å². The Hall–Kier alpha value is -1.89. The first-order valence-corrected chi connectivity index (χ1v) is 7.49. The summed E-state index contributed by atoms with van der Waals surface area (Å²) in [5.41, 5.74) is 7.87. The zero-order chi connectivity index (χ0) is 15.4. The van der Waals surface area contributed by atoms with E-state index in [2.05, 4.69) is 33.4 Å². The molecule has 2 amide bonds. The highest BCUT2D eigenvalue weighted by Crippen LogP contribution is 2.13. The lowest BCUT2D eigenvalue weighted by Gasteiger charge is -2.09. The summed E-state index contributed by atoms with van der Waals surface area (Å²) in [5.74, 6) is -0.668. The lowest BCUT2D eigenvalue weighted by Crippen LogP contribution is -2.41. The Kier molecular flexibility index (Phi) is 4.95. The van der Waals surface area contributed by atoms with Crippen LogP contribution >= 0.6 is 22.6 Å². The molecule has 0 aliphatic carbocycles. The third-order valence-corrected chi connectivity index (χ3v) is 4.28. The number of hydrogen-bond acceptors (Lipinski definition) is 2. The largest absolute Gasteiger partial charge is 0.269 e. The van der Waals surface area contributed by atoms with Gasteiger partial charge in [-0.2, -0.15) is 0 Å². The third kappa shape index (κ3) is 3.81. The summed E-state index contributed by atoms with van der Waals surface area (Å²) in [5, 5.41) is 0. The minimum absolute atomic E-state index is 0.330. The summed E-state index contributed by atoms with van der Waals surface area (Å²) in [6.07, 6.45) is 0. The molecule has 5 heteroatoms. The zero-order valence-electron chi connectivity index (χ0n) is 11.7. The van der Waals surface area contributed by atoms with Crippen molar-refractivity contribution in [1.82, 2.24) is 10.9 Å². The minimum atomic E-state index is -0.338. The van der Waals surface area contributed by atoms with Crippen LogP contribution in [0.5, 0.6) is 0 Å². The van der Waals surface area contributed by atoms with Crippen LogP contribution in [0.15, 0.2) is 42.5 Å². The van der Waals surface area contributed by atoms with Crippen molar-refractivity contribution in [3.8, 4) is 0 Å². The van der Waals surface area contributed by atoms with Gasteiger partial charge in [0.2, 0.25) is 0 Å². The Balaban J connectivity index is 2.02. The number of aryl methyl sites for hydroxylation is 2. The molecule has 2 aromatic rings. The molecule has 2 aromatic carbocycles. The second kappa shape index (κ2) is 6.71. The summed E-state index contributed by atoms with van der Waals surface area (Å²) in [6, 6.07) is 12.6. The van der Waals surface area contributed by atoms with E-state index in [4.69, 9.17) is 0 Å². The first-order chi connectivity index (χ1) is 9.99. The molecule has 21 heavy (non-hydrogen) atoms. The molecule has 0 aromatic heterocycles. The predicted molar refractivity (Wildman–Crippen MR) is 90.0 cm³/mol. The van der Waals surface area contributed by atoms with Crippen molar-refractivity contribution in [2.24, 2.45) is 0 Å². The summed E-state index contributed by atoms with van der Waals surface area (Å²) in [6.45, 7) is 3.82. The quantitative estimate of drug-likeness (QED) is 0.608. The lowest BCUT2D eigenvalue weighted by atomic mass is 10.1. The highest BCUT2D eigenvalue weighted by Gasteiger charge is 2.11. The average molecular weight is 394 g/mol. The Morgan fingerprint density at radius 1 is 0.905 bits per heavy atom. The molecule has 0 aliphatic heterocycles. The van der Waals surface area contributed by atoms with Crippen LogP contribution in [0.2, 0.25) is 0 Å². The number of carbonyl (C=O) groups excluding carboxylic acids is 2. The molecule has 108 valence electrons. The number of hydrazine groups is 1. The number of carbonyl (C=O) groups is 2. The van der Waals surface area contributed by atoms with Crippen LogP contribution in [0.4, 0.5) is 0 Å². The predicted octanol–water partition coefficient (Wildman–Crippen LogP) is 2.98. The molecule has 0 saturated carbocycles. The zero-order valence-corrected chi connectivity index (χ0v) is 13.9. The summed E-state index contributed by atoms with van der Waals surface area (Å²) < 4.78 is 1.01. The number of nitrogens with one attached hydrogen (secondary N) is 2. The van der Waals surface area contributed by atoms with Crippen LogP contribution in [0.3, 0.4) is 0 Å². The van der Waals surface area contributed by atoms with Crippen molar-refractivity contribution < 1.29 is 9.59 Å². The van der Waals surface area contributed by atoms with Crippen molar-refractivity contribution >= 4 is 34.4 Å². The second-order valence-corrected chi connectivity index (χ2v) is 5.85. The van der Waals surface area contributed by atoms with E-state index in [1.807, 2.05) is 32.0 Å². The summed E-state index contributed by atoms with van der Waals surface area (Å²) >= 11 is 2.17. The molecule has 0 radical (unpaired) electrons. The van der Waals surface area contributed by atoms with Gasteiger partial charge in [-0.1, -0.05) is 24.3 Å². The van der Waals surface area contributed by atoms with Crippen molar-refractivity contribution in [1.29, 1.82) is 0 Å². The maximum atomic E-state index is 12.0. The van der Waals surface area contributed by atoms with Crippen LogP contribution < -0.4 is 10.9 Å². The van der Waals surface area contributed by atoms with Crippen molar-refractivity contribution in [2.45, 2.75) is 13.8 Å². The molecule has 0 unspecified atom stereocenters. The molecule has 2 N–H and O–H groups in total. The highest BCUT2D eigenvalue weighted by atomic mass is 127. The van der Waals surface area contributed by atoms with Gasteiger partial charge in [0.25, 0.3) is 11.8 Å². The molecular weight excluding hydrogens is 379 g/mol. The van der Waals surface area contributed by atoms with Gasteiger partial charge in [0.05, 0.1) is 0 Å². The Bertz CT molecular complexity index is 698. The van der Waals surface area contributed by atoms with Gasteiger partial charge in [-0.05, 0) is 65.8 Å². The fourth-order valence-corrected chi connectivity index (χ4v) is 2.33. The van der Waals surface area contributed by atoms with Crippen LogP contribution in [0, 0.1) is 17.4 Å². The number of rotatable bonds is 2. The number of hydrogen-bond donors (Lipinski definition) is 2.